The summed E-state index contributed by atoms with van der Waals surface area (Å²) in [6.45, 7) is 5.83. The van der Waals surface area contributed by atoms with Crippen LogP contribution in [0.1, 0.15) is 41.6 Å². The molecule has 3 rings (SSSR count). The largest absolute Gasteiger partial charge is 0.488 e. The Bertz CT molecular complexity index is 1060. The maximum Gasteiger partial charge on any atom is 0.357 e. The third kappa shape index (κ3) is 4.35. The molecule has 156 valence electrons. The number of methoxy groups -OCH3 is 2. The van der Waals surface area contributed by atoms with E-state index in [0.717, 1.165) is 0 Å². The van der Waals surface area contributed by atoms with Crippen molar-refractivity contribution in [2.75, 3.05) is 14.2 Å². The fourth-order valence-corrected chi connectivity index (χ4v) is 3.02. The molecule has 0 aliphatic rings. The molecule has 0 unspecified atom stereocenters. The average Bonchev–Trinajstić information content (AvgIpc) is 3.13. The molecule has 0 fully saturated rings. The van der Waals surface area contributed by atoms with E-state index < -0.39 is 17.5 Å². The molecule has 1 heterocycles. The highest BCUT2D eigenvalue weighted by Crippen LogP contribution is 2.31. The van der Waals surface area contributed by atoms with Crippen LogP contribution in [0.4, 0.5) is 0 Å². The van der Waals surface area contributed by atoms with Gasteiger partial charge in [-0.25, -0.2) is 14.3 Å². The fraction of sp³-hybridized carbons (Fsp3) is 0.261. The van der Waals surface area contributed by atoms with Crippen molar-refractivity contribution >= 4 is 11.9 Å². The number of carbonyl (C=O) groups excluding carboxylic acids is 2. The van der Waals surface area contributed by atoms with Crippen molar-refractivity contribution in [1.82, 2.24) is 9.78 Å². The highest BCUT2D eigenvalue weighted by molar-refractivity contribution is 6.06. The van der Waals surface area contributed by atoms with Gasteiger partial charge >= 0.3 is 11.9 Å². The van der Waals surface area contributed by atoms with Crippen molar-refractivity contribution in [2.24, 2.45) is 0 Å². The Morgan fingerprint density at radius 1 is 0.900 bits per heavy atom. The van der Waals surface area contributed by atoms with E-state index in [0.29, 0.717) is 22.7 Å². The van der Waals surface area contributed by atoms with Crippen LogP contribution in [0.15, 0.2) is 54.6 Å². The van der Waals surface area contributed by atoms with Crippen molar-refractivity contribution in [3.8, 4) is 22.7 Å². The molecule has 30 heavy (non-hydrogen) atoms. The molecule has 0 radical (unpaired) electrons. The molecule has 0 saturated heterocycles. The zero-order valence-electron chi connectivity index (χ0n) is 17.6. The minimum Gasteiger partial charge on any atom is -0.488 e. The van der Waals surface area contributed by atoms with Gasteiger partial charge in [-0.2, -0.15) is 5.10 Å². The number of benzene rings is 2. The summed E-state index contributed by atoms with van der Waals surface area (Å²) >= 11 is 0. The van der Waals surface area contributed by atoms with Crippen LogP contribution in [0, 0.1) is 0 Å². The Balaban J connectivity index is 2.27. The van der Waals surface area contributed by atoms with Gasteiger partial charge in [0, 0.05) is 5.56 Å². The lowest BCUT2D eigenvalue weighted by molar-refractivity contribution is 0.0549. The van der Waals surface area contributed by atoms with E-state index in [-0.39, 0.29) is 11.3 Å². The number of para-hydroxylation sites is 1. The van der Waals surface area contributed by atoms with Crippen molar-refractivity contribution in [3.63, 3.8) is 0 Å². The number of hydrogen-bond donors (Lipinski definition) is 0. The van der Waals surface area contributed by atoms with E-state index in [1.54, 1.807) is 30.3 Å². The third-order valence-electron chi connectivity index (χ3n) is 4.19. The first-order valence-electron chi connectivity index (χ1n) is 9.39. The normalized spacial score (nSPS) is 11.1. The number of carbonyl (C=O) groups is 2. The van der Waals surface area contributed by atoms with Crippen LogP contribution in [-0.4, -0.2) is 41.5 Å². The van der Waals surface area contributed by atoms with Gasteiger partial charge in [-0.3, -0.25) is 0 Å². The van der Waals surface area contributed by atoms with E-state index in [1.165, 1.54) is 18.9 Å². The summed E-state index contributed by atoms with van der Waals surface area (Å²) in [5.74, 6) is -0.764. The van der Waals surface area contributed by atoms with Crippen LogP contribution in [0.3, 0.4) is 0 Å². The first-order chi connectivity index (χ1) is 14.2. The van der Waals surface area contributed by atoms with Crippen molar-refractivity contribution in [2.45, 2.75) is 26.4 Å². The predicted octanol–water partition coefficient (Wildman–Crippen LogP) is 4.29. The van der Waals surface area contributed by atoms with Gasteiger partial charge in [0.1, 0.15) is 22.6 Å². The van der Waals surface area contributed by atoms with Crippen molar-refractivity contribution in [3.05, 3.63) is 65.9 Å². The molecule has 0 aliphatic carbocycles. The molecule has 3 aromatic rings. The van der Waals surface area contributed by atoms with Gasteiger partial charge in [0.25, 0.3) is 0 Å². The van der Waals surface area contributed by atoms with Gasteiger partial charge in [-0.1, -0.05) is 30.3 Å². The van der Waals surface area contributed by atoms with E-state index in [2.05, 4.69) is 5.10 Å². The molecule has 0 amide bonds. The molecular weight excluding hydrogens is 384 g/mol. The van der Waals surface area contributed by atoms with Gasteiger partial charge in [0.2, 0.25) is 0 Å². The second-order valence-corrected chi connectivity index (χ2v) is 7.54. The highest BCUT2D eigenvalue weighted by atomic mass is 16.5. The van der Waals surface area contributed by atoms with Crippen LogP contribution < -0.4 is 4.74 Å². The van der Waals surface area contributed by atoms with Crippen LogP contribution in [0.5, 0.6) is 5.75 Å². The number of hydrogen-bond acceptors (Lipinski definition) is 6. The van der Waals surface area contributed by atoms with Gasteiger partial charge in [-0.15, -0.1) is 0 Å². The maximum atomic E-state index is 12.7. The van der Waals surface area contributed by atoms with Crippen molar-refractivity contribution < 1.29 is 23.8 Å². The average molecular weight is 408 g/mol. The second-order valence-electron chi connectivity index (χ2n) is 7.54. The summed E-state index contributed by atoms with van der Waals surface area (Å²) < 4.78 is 17.2. The molecule has 0 spiro atoms. The van der Waals surface area contributed by atoms with Gasteiger partial charge in [-0.05, 0) is 45.0 Å². The summed E-state index contributed by atoms with van der Waals surface area (Å²) in [5, 5.41) is 4.59. The lowest BCUT2D eigenvalue weighted by atomic mass is 10.0. The fourth-order valence-electron chi connectivity index (χ4n) is 3.02. The molecular formula is C23H24N2O5. The molecule has 2 aromatic carbocycles. The first kappa shape index (κ1) is 21.1. The van der Waals surface area contributed by atoms with Gasteiger partial charge in [0.05, 0.1) is 19.9 Å². The molecule has 0 bridgehead atoms. The molecule has 7 heteroatoms. The zero-order chi connectivity index (χ0) is 21.9. The van der Waals surface area contributed by atoms with Gasteiger partial charge in [0.15, 0.2) is 5.69 Å². The second kappa shape index (κ2) is 8.41. The highest BCUT2D eigenvalue weighted by Gasteiger charge is 2.31. The number of nitrogens with zero attached hydrogens (tertiary/aromatic N) is 2. The first-order valence-corrected chi connectivity index (χ1v) is 9.39. The Morgan fingerprint density at radius 2 is 1.57 bits per heavy atom. The van der Waals surface area contributed by atoms with E-state index in [4.69, 9.17) is 14.2 Å². The van der Waals surface area contributed by atoms with Gasteiger partial charge < -0.3 is 14.2 Å². The van der Waals surface area contributed by atoms with Crippen LogP contribution >= 0.6 is 0 Å². The number of esters is 2. The molecule has 7 nitrogen and oxygen atoms in total. The zero-order valence-corrected chi connectivity index (χ0v) is 17.6. The minimum atomic E-state index is -0.694. The number of aromatic nitrogens is 2. The predicted molar refractivity (Wildman–Crippen MR) is 112 cm³/mol. The summed E-state index contributed by atoms with van der Waals surface area (Å²) in [4.78, 5) is 25.3. The van der Waals surface area contributed by atoms with E-state index >= 15 is 0 Å². The summed E-state index contributed by atoms with van der Waals surface area (Å²) in [7, 11) is 2.51. The summed E-state index contributed by atoms with van der Waals surface area (Å²) in [6, 6.07) is 16.2. The quantitative estimate of drug-likeness (QED) is 0.586. The summed E-state index contributed by atoms with van der Waals surface area (Å²) in [6.07, 6.45) is 0. The SMILES string of the molecule is COC(=O)c1c(-c2cccc(OC(C)(C)C)c2)nn(-c2ccccc2)c1C(=O)OC. The van der Waals surface area contributed by atoms with Crippen molar-refractivity contribution in [1.29, 1.82) is 0 Å². The lowest BCUT2D eigenvalue weighted by Gasteiger charge is -2.21. The number of rotatable bonds is 5. The van der Waals surface area contributed by atoms with Crippen LogP contribution in [0.2, 0.25) is 0 Å². The Hall–Kier alpha value is -3.61. The third-order valence-corrected chi connectivity index (χ3v) is 4.19. The van der Waals surface area contributed by atoms with Crippen LogP contribution in [0.25, 0.3) is 16.9 Å². The Labute approximate surface area is 175 Å². The maximum absolute atomic E-state index is 12.7. The van der Waals surface area contributed by atoms with E-state index in [1.807, 2.05) is 45.0 Å². The Kier molecular flexibility index (Phi) is 5.91. The number of ether oxygens (including phenoxy) is 3. The smallest absolute Gasteiger partial charge is 0.357 e. The molecule has 0 aliphatic heterocycles. The van der Waals surface area contributed by atoms with E-state index in [9.17, 15) is 9.59 Å². The topological polar surface area (TPSA) is 79.7 Å². The molecule has 0 saturated carbocycles. The molecule has 1 aromatic heterocycles. The monoisotopic (exact) mass is 408 g/mol. The summed E-state index contributed by atoms with van der Waals surface area (Å²) in [5.41, 5.74) is 1.14. The standard InChI is InChI=1S/C23H24N2O5/c1-23(2,3)30-17-13-9-10-15(14-17)19-18(21(26)28-4)20(22(27)29-5)25(24-19)16-11-7-6-8-12-16/h6-14H,1-5H3. The molecule has 0 atom stereocenters. The lowest BCUT2D eigenvalue weighted by Crippen LogP contribution is -2.22. The Morgan fingerprint density at radius 3 is 2.17 bits per heavy atom. The minimum absolute atomic E-state index is 0.00677. The molecule has 0 N–H and O–H groups in total. The van der Waals surface area contributed by atoms with Crippen LogP contribution in [-0.2, 0) is 9.47 Å².